The summed E-state index contributed by atoms with van der Waals surface area (Å²) in [6.45, 7) is 0. The van der Waals surface area contributed by atoms with Crippen LogP contribution in [0.4, 0.5) is 0 Å². The van der Waals surface area contributed by atoms with Gasteiger partial charge in [-0.2, -0.15) is 0 Å². The first kappa shape index (κ1) is 16.5. The topological polar surface area (TPSA) is 104 Å². The molecule has 0 aromatic heterocycles. The van der Waals surface area contributed by atoms with E-state index in [-0.39, 0.29) is 17.8 Å². The van der Waals surface area contributed by atoms with Gasteiger partial charge in [-0.15, -0.1) is 0 Å². The predicted octanol–water partition coefficient (Wildman–Crippen LogP) is 1.62. The summed E-state index contributed by atoms with van der Waals surface area (Å²) in [5, 5.41) is 27.6. The van der Waals surface area contributed by atoms with Crippen molar-refractivity contribution < 1.29 is 19.9 Å². The van der Waals surface area contributed by atoms with Crippen molar-refractivity contribution in [3.05, 3.63) is 34.9 Å². The maximum Gasteiger partial charge on any atom is 0.451 e. The zero-order chi connectivity index (χ0) is 16.6. The van der Waals surface area contributed by atoms with Crippen molar-refractivity contribution in [2.75, 3.05) is 0 Å². The number of hydrogen-bond donors (Lipinski definition) is 4. The highest BCUT2D eigenvalue weighted by atomic mass is 16.4. The van der Waals surface area contributed by atoms with Gasteiger partial charge in [0.25, 0.3) is 0 Å². The van der Waals surface area contributed by atoms with Crippen molar-refractivity contribution in [3.63, 3.8) is 0 Å². The molecule has 0 spiro atoms. The highest BCUT2D eigenvalue weighted by molar-refractivity contribution is 6.40. The molecule has 6 heteroatoms. The van der Waals surface area contributed by atoms with Crippen molar-refractivity contribution in [1.29, 1.82) is 0 Å². The smallest absolute Gasteiger partial charge is 0.451 e. The average molecular weight is 317 g/mol. The van der Waals surface area contributed by atoms with E-state index in [1.165, 1.54) is 0 Å². The fourth-order valence-corrected chi connectivity index (χ4v) is 4.05. The van der Waals surface area contributed by atoms with Crippen molar-refractivity contribution >= 4 is 13.1 Å². The second-order valence-electron chi connectivity index (χ2n) is 7.11. The molecule has 2 aliphatic carbocycles. The second kappa shape index (κ2) is 6.26. The molecule has 2 aliphatic rings. The lowest BCUT2D eigenvalue weighted by molar-refractivity contribution is -0.139. The Morgan fingerprint density at radius 1 is 1.35 bits per heavy atom. The molecule has 0 amide bonds. The molecular formula is C17H24BNO4. The number of rotatable bonds is 6. The second-order valence-corrected chi connectivity index (χ2v) is 7.11. The third kappa shape index (κ3) is 3.16. The first-order chi connectivity index (χ1) is 10.9. The molecule has 0 radical (unpaired) electrons. The van der Waals surface area contributed by atoms with Gasteiger partial charge in [0.05, 0.1) is 5.92 Å². The molecule has 1 saturated carbocycles. The van der Waals surface area contributed by atoms with Crippen LogP contribution in [0, 0.1) is 5.92 Å². The Balaban J connectivity index is 1.80. The van der Waals surface area contributed by atoms with E-state index in [1.54, 1.807) is 0 Å². The molecule has 2 unspecified atom stereocenters. The molecule has 0 saturated heterocycles. The molecule has 1 aromatic rings. The van der Waals surface area contributed by atoms with Crippen molar-refractivity contribution in [1.82, 2.24) is 0 Å². The van der Waals surface area contributed by atoms with Crippen LogP contribution in [0.1, 0.15) is 54.7 Å². The zero-order valence-electron chi connectivity index (χ0n) is 13.2. The molecule has 3 rings (SSSR count). The van der Waals surface area contributed by atoms with Crippen LogP contribution >= 0.6 is 0 Å². The molecule has 1 aromatic carbocycles. The van der Waals surface area contributed by atoms with Crippen LogP contribution in [0.5, 0.6) is 0 Å². The van der Waals surface area contributed by atoms with Gasteiger partial charge in [0.15, 0.2) is 0 Å². The number of aliphatic carboxylic acids is 1. The highest BCUT2D eigenvalue weighted by Gasteiger charge is 2.40. The molecular weight excluding hydrogens is 293 g/mol. The van der Waals surface area contributed by atoms with Gasteiger partial charge in [-0.25, -0.2) is 0 Å². The van der Waals surface area contributed by atoms with Crippen LogP contribution < -0.4 is 5.73 Å². The summed E-state index contributed by atoms with van der Waals surface area (Å²) in [6.07, 6.45) is 5.38. The Kier molecular flexibility index (Phi) is 4.49. The summed E-state index contributed by atoms with van der Waals surface area (Å²) in [5.74, 6) is -1.29. The fraction of sp³-hybridized carbons (Fsp3) is 0.588. The normalized spacial score (nSPS) is 24.8. The lowest BCUT2D eigenvalue weighted by Gasteiger charge is -2.39. The van der Waals surface area contributed by atoms with Gasteiger partial charge in [0, 0.05) is 5.54 Å². The predicted molar refractivity (Wildman–Crippen MR) is 88.0 cm³/mol. The fourth-order valence-electron chi connectivity index (χ4n) is 4.05. The molecule has 1 fully saturated rings. The standard InChI is InChI=1S/C17H24BNO4/c19-17(6-2-7-17)13-5-4-11-9-12(3-1-8-18(22)23)15(16(20)21)14(11)10-13/h4-5,10,12,15,22-23H,1-3,6-9,19H2,(H,20,21). The van der Waals surface area contributed by atoms with Crippen molar-refractivity contribution in [3.8, 4) is 0 Å². The van der Waals surface area contributed by atoms with Gasteiger partial charge in [-0.3, -0.25) is 4.79 Å². The number of carbonyl (C=O) groups is 1. The Bertz CT molecular complexity index is 600. The SMILES string of the molecule is NC1(c2ccc3c(c2)C(C(=O)O)C(CCCB(O)O)C3)CCC1. The van der Waals surface area contributed by atoms with Gasteiger partial charge in [-0.1, -0.05) is 24.6 Å². The zero-order valence-corrected chi connectivity index (χ0v) is 13.2. The third-order valence-corrected chi connectivity index (χ3v) is 5.56. The quantitative estimate of drug-likeness (QED) is 0.597. The summed E-state index contributed by atoms with van der Waals surface area (Å²) >= 11 is 0. The molecule has 23 heavy (non-hydrogen) atoms. The van der Waals surface area contributed by atoms with Crippen molar-refractivity contribution in [2.45, 2.75) is 56.3 Å². The summed E-state index contributed by atoms with van der Waals surface area (Å²) in [6, 6.07) is 6.10. The van der Waals surface area contributed by atoms with Gasteiger partial charge >= 0.3 is 13.1 Å². The number of benzene rings is 1. The molecule has 124 valence electrons. The summed E-state index contributed by atoms with van der Waals surface area (Å²) in [7, 11) is -1.32. The number of carboxylic acid groups (broad SMARTS) is 1. The monoisotopic (exact) mass is 317 g/mol. The summed E-state index contributed by atoms with van der Waals surface area (Å²) in [5.41, 5.74) is 9.16. The van der Waals surface area contributed by atoms with Gasteiger partial charge in [0.1, 0.15) is 0 Å². The van der Waals surface area contributed by atoms with E-state index in [1.807, 2.05) is 12.1 Å². The van der Waals surface area contributed by atoms with E-state index in [0.717, 1.165) is 42.4 Å². The van der Waals surface area contributed by atoms with Crippen LogP contribution in [0.3, 0.4) is 0 Å². The molecule has 0 heterocycles. The van der Waals surface area contributed by atoms with E-state index >= 15 is 0 Å². The van der Waals surface area contributed by atoms with E-state index in [2.05, 4.69) is 6.07 Å². The van der Waals surface area contributed by atoms with Crippen molar-refractivity contribution in [2.24, 2.45) is 11.7 Å². The molecule has 5 N–H and O–H groups in total. The van der Waals surface area contributed by atoms with Gasteiger partial charge < -0.3 is 20.9 Å². The number of nitrogens with two attached hydrogens (primary N) is 1. The van der Waals surface area contributed by atoms with E-state index in [4.69, 9.17) is 15.8 Å². The number of fused-ring (bicyclic) bond motifs is 1. The van der Waals surface area contributed by atoms with Crippen LogP contribution in [-0.4, -0.2) is 28.2 Å². The maximum absolute atomic E-state index is 11.8. The molecule has 0 bridgehead atoms. The molecule has 5 nitrogen and oxygen atoms in total. The van der Waals surface area contributed by atoms with Crippen LogP contribution in [0.2, 0.25) is 6.32 Å². The minimum absolute atomic E-state index is 0.0200. The first-order valence-electron chi connectivity index (χ1n) is 8.42. The first-order valence-corrected chi connectivity index (χ1v) is 8.42. The average Bonchev–Trinajstić information content (AvgIpc) is 2.81. The Morgan fingerprint density at radius 3 is 2.65 bits per heavy atom. The molecule has 0 aliphatic heterocycles. The molecule has 2 atom stereocenters. The summed E-state index contributed by atoms with van der Waals surface area (Å²) in [4.78, 5) is 11.8. The van der Waals surface area contributed by atoms with Gasteiger partial charge in [0.2, 0.25) is 0 Å². The van der Waals surface area contributed by atoms with Crippen LogP contribution in [-0.2, 0) is 16.8 Å². The summed E-state index contributed by atoms with van der Waals surface area (Å²) < 4.78 is 0. The highest BCUT2D eigenvalue weighted by Crippen LogP contribution is 2.45. The van der Waals surface area contributed by atoms with Crippen LogP contribution in [0.25, 0.3) is 0 Å². The minimum atomic E-state index is -1.32. The maximum atomic E-state index is 11.8. The number of hydrogen-bond acceptors (Lipinski definition) is 4. The van der Waals surface area contributed by atoms with Crippen LogP contribution in [0.15, 0.2) is 18.2 Å². The lowest BCUT2D eigenvalue weighted by atomic mass is 9.72. The lowest BCUT2D eigenvalue weighted by Crippen LogP contribution is -2.43. The Hall–Kier alpha value is -1.37. The van der Waals surface area contributed by atoms with E-state index in [9.17, 15) is 9.90 Å². The van der Waals surface area contributed by atoms with Gasteiger partial charge in [-0.05, 0) is 61.0 Å². The third-order valence-electron chi connectivity index (χ3n) is 5.56. The minimum Gasteiger partial charge on any atom is -0.481 e. The van der Waals surface area contributed by atoms with E-state index in [0.29, 0.717) is 12.8 Å². The Labute approximate surface area is 136 Å². The van der Waals surface area contributed by atoms with E-state index < -0.39 is 19.0 Å². The number of carboxylic acids is 1. The Morgan fingerprint density at radius 2 is 2.09 bits per heavy atom. The largest absolute Gasteiger partial charge is 0.481 e.